The molecule has 0 saturated carbocycles. The van der Waals surface area contributed by atoms with E-state index in [9.17, 15) is 0 Å². The average molecular weight is 229 g/mol. The zero-order valence-electron chi connectivity index (χ0n) is 11.3. The molecule has 0 atom stereocenters. The van der Waals surface area contributed by atoms with Crippen LogP contribution in [0.3, 0.4) is 0 Å². The largest absolute Gasteiger partial charge is 0.371 e. The van der Waals surface area contributed by atoms with Crippen molar-refractivity contribution in [3.8, 4) is 0 Å². The predicted molar refractivity (Wildman–Crippen MR) is 74.0 cm³/mol. The maximum atomic E-state index is 2.63. The van der Waals surface area contributed by atoms with E-state index in [0.29, 0.717) is 0 Å². The van der Waals surface area contributed by atoms with Gasteiger partial charge in [0.1, 0.15) is 0 Å². The fraction of sp³-hybridized carbons (Fsp3) is 0.625. The number of benzene rings is 1. The summed E-state index contributed by atoms with van der Waals surface area (Å²) in [7, 11) is 0. The Labute approximate surface area is 105 Å². The molecule has 3 rings (SSSR count). The summed E-state index contributed by atoms with van der Waals surface area (Å²) in [5.41, 5.74) is 6.71. The molecule has 1 heteroatoms. The molecule has 0 spiro atoms. The van der Waals surface area contributed by atoms with Crippen molar-refractivity contribution < 1.29 is 0 Å². The van der Waals surface area contributed by atoms with Crippen molar-refractivity contribution in [1.82, 2.24) is 0 Å². The zero-order chi connectivity index (χ0) is 12.0. The van der Waals surface area contributed by atoms with Crippen LogP contribution in [-0.2, 0) is 18.3 Å². The van der Waals surface area contributed by atoms with Gasteiger partial charge in [-0.3, -0.25) is 0 Å². The Morgan fingerprint density at radius 3 is 2.41 bits per heavy atom. The summed E-state index contributed by atoms with van der Waals surface area (Å²) in [6.45, 7) is 9.56. The molecule has 1 nitrogen and oxygen atoms in total. The van der Waals surface area contributed by atoms with Crippen molar-refractivity contribution in [2.24, 2.45) is 0 Å². The van der Waals surface area contributed by atoms with Gasteiger partial charge in [0.15, 0.2) is 0 Å². The van der Waals surface area contributed by atoms with Crippen LogP contribution in [0.15, 0.2) is 12.1 Å². The van der Waals surface area contributed by atoms with E-state index in [-0.39, 0.29) is 5.41 Å². The van der Waals surface area contributed by atoms with E-state index >= 15 is 0 Å². The Morgan fingerprint density at radius 1 is 1.00 bits per heavy atom. The molecule has 0 aliphatic carbocycles. The van der Waals surface area contributed by atoms with Gasteiger partial charge in [-0.15, -0.1) is 0 Å². The van der Waals surface area contributed by atoms with Crippen LogP contribution in [0, 0.1) is 0 Å². The summed E-state index contributed by atoms with van der Waals surface area (Å²) < 4.78 is 0. The second-order valence-electron chi connectivity index (χ2n) is 6.54. The Hall–Kier alpha value is -0.980. The Kier molecular flexibility index (Phi) is 2.46. The lowest BCUT2D eigenvalue weighted by molar-refractivity contribution is 0.565. The van der Waals surface area contributed by atoms with E-state index in [1.165, 1.54) is 38.8 Å². The third-order valence-electron chi connectivity index (χ3n) is 4.22. The first-order valence-electron chi connectivity index (χ1n) is 6.97. The Morgan fingerprint density at radius 2 is 1.71 bits per heavy atom. The SMILES string of the molecule is CC(C)(C)c1ccc2c3c1CCCN3CCC2. The van der Waals surface area contributed by atoms with Gasteiger partial charge in [-0.2, -0.15) is 0 Å². The first kappa shape index (κ1) is 11.1. The summed E-state index contributed by atoms with van der Waals surface area (Å²) in [5, 5.41) is 0. The van der Waals surface area contributed by atoms with Crippen molar-refractivity contribution in [1.29, 1.82) is 0 Å². The highest BCUT2D eigenvalue weighted by Crippen LogP contribution is 2.40. The highest BCUT2D eigenvalue weighted by Gasteiger charge is 2.28. The number of rotatable bonds is 0. The van der Waals surface area contributed by atoms with Crippen LogP contribution in [0.4, 0.5) is 5.69 Å². The minimum absolute atomic E-state index is 0.283. The highest BCUT2D eigenvalue weighted by molar-refractivity contribution is 5.66. The molecule has 17 heavy (non-hydrogen) atoms. The lowest BCUT2D eigenvalue weighted by atomic mass is 9.78. The van der Waals surface area contributed by atoms with Crippen molar-refractivity contribution in [3.63, 3.8) is 0 Å². The first-order chi connectivity index (χ1) is 8.07. The highest BCUT2D eigenvalue weighted by atomic mass is 15.1. The molecule has 0 radical (unpaired) electrons. The quantitative estimate of drug-likeness (QED) is 0.656. The molecule has 0 amide bonds. The smallest absolute Gasteiger partial charge is 0.0434 e. The molecule has 92 valence electrons. The van der Waals surface area contributed by atoms with Gasteiger partial charge < -0.3 is 4.90 Å². The van der Waals surface area contributed by atoms with Crippen molar-refractivity contribution >= 4 is 5.69 Å². The Bertz CT molecular complexity index is 438. The second-order valence-corrected chi connectivity index (χ2v) is 6.54. The molecule has 2 aliphatic rings. The minimum atomic E-state index is 0.283. The zero-order valence-corrected chi connectivity index (χ0v) is 11.3. The van der Waals surface area contributed by atoms with Gasteiger partial charge in [0, 0.05) is 18.8 Å². The second kappa shape index (κ2) is 3.76. The number of hydrogen-bond donors (Lipinski definition) is 0. The Balaban J connectivity index is 2.20. The summed E-state index contributed by atoms with van der Waals surface area (Å²) in [6.07, 6.45) is 5.23. The number of nitrogens with zero attached hydrogens (tertiary/aromatic N) is 1. The van der Waals surface area contributed by atoms with Crippen LogP contribution in [0.25, 0.3) is 0 Å². The molecular weight excluding hydrogens is 206 g/mol. The van der Waals surface area contributed by atoms with Gasteiger partial charge in [-0.1, -0.05) is 32.9 Å². The van der Waals surface area contributed by atoms with Gasteiger partial charge in [-0.05, 0) is 47.8 Å². The monoisotopic (exact) mass is 229 g/mol. The predicted octanol–water partition coefficient (Wildman–Crippen LogP) is 3.68. The molecule has 0 aromatic heterocycles. The van der Waals surface area contributed by atoms with Crippen LogP contribution in [0.2, 0.25) is 0 Å². The number of hydrogen-bond acceptors (Lipinski definition) is 1. The maximum Gasteiger partial charge on any atom is 0.0434 e. The molecule has 2 aliphatic heterocycles. The maximum absolute atomic E-state index is 2.63. The average Bonchev–Trinajstić information content (AvgIpc) is 2.28. The molecule has 0 unspecified atom stereocenters. The van der Waals surface area contributed by atoms with E-state index in [0.717, 1.165) is 0 Å². The topological polar surface area (TPSA) is 3.24 Å². The number of anilines is 1. The van der Waals surface area contributed by atoms with Crippen molar-refractivity contribution in [2.45, 2.75) is 51.9 Å². The summed E-state index contributed by atoms with van der Waals surface area (Å²) in [5.74, 6) is 0. The van der Waals surface area contributed by atoms with Crippen LogP contribution in [0.1, 0.15) is 50.3 Å². The minimum Gasteiger partial charge on any atom is -0.371 e. The molecule has 0 bridgehead atoms. The summed E-state index contributed by atoms with van der Waals surface area (Å²) >= 11 is 0. The van der Waals surface area contributed by atoms with Crippen LogP contribution in [0.5, 0.6) is 0 Å². The fourth-order valence-corrected chi connectivity index (χ4v) is 3.48. The third kappa shape index (κ3) is 1.76. The van der Waals surface area contributed by atoms with E-state index in [1.54, 1.807) is 22.4 Å². The molecule has 0 saturated heterocycles. The van der Waals surface area contributed by atoms with Gasteiger partial charge in [0.05, 0.1) is 0 Å². The standard InChI is InChI=1S/C16H23N/c1-16(2,3)14-9-8-12-6-4-10-17-11-5-7-13(14)15(12)17/h8-9H,4-7,10-11H2,1-3H3. The van der Waals surface area contributed by atoms with Crippen LogP contribution < -0.4 is 4.90 Å². The molecule has 1 aromatic rings. The molecule has 2 heterocycles. The first-order valence-corrected chi connectivity index (χ1v) is 6.97. The van der Waals surface area contributed by atoms with Gasteiger partial charge in [0.2, 0.25) is 0 Å². The lowest BCUT2D eigenvalue weighted by Gasteiger charge is -2.39. The van der Waals surface area contributed by atoms with Crippen molar-refractivity contribution in [3.05, 3.63) is 28.8 Å². The fourth-order valence-electron chi connectivity index (χ4n) is 3.48. The van der Waals surface area contributed by atoms with E-state index in [4.69, 9.17) is 0 Å². The molecule has 0 fully saturated rings. The summed E-state index contributed by atoms with van der Waals surface area (Å²) in [6, 6.07) is 4.78. The van der Waals surface area contributed by atoms with Gasteiger partial charge >= 0.3 is 0 Å². The van der Waals surface area contributed by atoms with Crippen LogP contribution in [-0.4, -0.2) is 13.1 Å². The van der Waals surface area contributed by atoms with E-state index < -0.39 is 0 Å². The number of aryl methyl sites for hydroxylation is 1. The molecule has 0 N–H and O–H groups in total. The summed E-state index contributed by atoms with van der Waals surface area (Å²) in [4.78, 5) is 2.63. The van der Waals surface area contributed by atoms with E-state index in [2.05, 4.69) is 37.8 Å². The van der Waals surface area contributed by atoms with Crippen molar-refractivity contribution in [2.75, 3.05) is 18.0 Å². The molecule has 1 aromatic carbocycles. The third-order valence-corrected chi connectivity index (χ3v) is 4.22. The lowest BCUT2D eigenvalue weighted by Crippen LogP contribution is -2.35. The van der Waals surface area contributed by atoms with Gasteiger partial charge in [-0.25, -0.2) is 0 Å². The van der Waals surface area contributed by atoms with Crippen LogP contribution >= 0.6 is 0 Å². The molecular formula is C16H23N. The normalized spacial score (nSPS) is 19.1. The van der Waals surface area contributed by atoms with Gasteiger partial charge in [0.25, 0.3) is 0 Å². The van der Waals surface area contributed by atoms with E-state index in [1.807, 2.05) is 0 Å².